The number of hydrogen-bond acceptors (Lipinski definition) is 1. The summed E-state index contributed by atoms with van der Waals surface area (Å²) in [5.74, 6) is 0.139. The van der Waals surface area contributed by atoms with Gasteiger partial charge >= 0.3 is 6.18 Å². The highest BCUT2D eigenvalue weighted by Gasteiger charge is 2.29. The molecule has 1 rings (SSSR count). The average molecular weight is 308 g/mol. The van der Waals surface area contributed by atoms with Crippen molar-refractivity contribution in [2.24, 2.45) is 0 Å². The van der Waals surface area contributed by atoms with Crippen molar-refractivity contribution in [2.45, 2.75) is 18.0 Å². The molecule has 0 aromatic heterocycles. The first-order valence-electron chi connectivity index (χ1n) is 5.34. The van der Waals surface area contributed by atoms with Crippen LogP contribution in [0, 0.1) is 11.3 Å². The summed E-state index contributed by atoms with van der Waals surface area (Å²) >= 11 is 11.4. The summed E-state index contributed by atoms with van der Waals surface area (Å²) in [4.78, 5) is 0. The topological polar surface area (TPSA) is 23.8 Å². The molecule has 0 spiro atoms. The summed E-state index contributed by atoms with van der Waals surface area (Å²) in [7, 11) is 0. The summed E-state index contributed by atoms with van der Waals surface area (Å²) in [6.07, 6.45) is -2.40. The first-order chi connectivity index (χ1) is 8.88. The van der Waals surface area contributed by atoms with Crippen LogP contribution in [-0.4, -0.2) is 11.3 Å². The van der Waals surface area contributed by atoms with Crippen LogP contribution in [0.2, 0.25) is 0 Å². The SMILES string of the molecule is N#CC(Cl)C/C=C(/CCl)c1ccc(C(F)(F)F)cc1. The van der Waals surface area contributed by atoms with Crippen molar-refractivity contribution in [3.63, 3.8) is 0 Å². The first-order valence-corrected chi connectivity index (χ1v) is 6.32. The van der Waals surface area contributed by atoms with Gasteiger partial charge in [0.15, 0.2) is 0 Å². The normalized spacial score (nSPS) is 14.0. The Morgan fingerprint density at radius 3 is 2.32 bits per heavy atom. The minimum absolute atomic E-state index is 0.139. The highest BCUT2D eigenvalue weighted by molar-refractivity contribution is 6.23. The van der Waals surface area contributed by atoms with Gasteiger partial charge in [-0.25, -0.2) is 0 Å². The number of rotatable bonds is 4. The van der Waals surface area contributed by atoms with Gasteiger partial charge in [0.1, 0.15) is 5.38 Å². The lowest BCUT2D eigenvalue weighted by atomic mass is 10.0. The Labute approximate surface area is 119 Å². The Balaban J connectivity index is 2.92. The molecule has 19 heavy (non-hydrogen) atoms. The van der Waals surface area contributed by atoms with Crippen molar-refractivity contribution < 1.29 is 13.2 Å². The fourth-order valence-electron chi connectivity index (χ4n) is 1.42. The lowest BCUT2D eigenvalue weighted by molar-refractivity contribution is -0.137. The number of nitrogens with zero attached hydrogens (tertiary/aromatic N) is 1. The summed E-state index contributed by atoms with van der Waals surface area (Å²) in [6, 6.07) is 6.56. The van der Waals surface area contributed by atoms with E-state index in [0.29, 0.717) is 17.6 Å². The van der Waals surface area contributed by atoms with Gasteiger partial charge in [0.05, 0.1) is 11.6 Å². The molecular formula is C13H10Cl2F3N. The highest BCUT2D eigenvalue weighted by atomic mass is 35.5. The van der Waals surface area contributed by atoms with Crippen molar-refractivity contribution in [1.29, 1.82) is 5.26 Å². The zero-order valence-corrected chi connectivity index (χ0v) is 11.2. The molecule has 0 saturated carbocycles. The quantitative estimate of drug-likeness (QED) is 0.730. The second kappa shape index (κ2) is 6.83. The maximum Gasteiger partial charge on any atom is 0.416 e. The van der Waals surface area contributed by atoms with E-state index in [1.165, 1.54) is 12.1 Å². The minimum Gasteiger partial charge on any atom is -0.197 e. The summed E-state index contributed by atoms with van der Waals surface area (Å²) in [5.41, 5.74) is 0.526. The van der Waals surface area contributed by atoms with Crippen molar-refractivity contribution in [1.82, 2.24) is 0 Å². The number of hydrogen-bond donors (Lipinski definition) is 0. The molecule has 0 aliphatic rings. The van der Waals surface area contributed by atoms with Gasteiger partial charge in [-0.1, -0.05) is 18.2 Å². The predicted octanol–water partition coefficient (Wildman–Crippen LogP) is 4.85. The van der Waals surface area contributed by atoms with Crippen molar-refractivity contribution in [2.75, 3.05) is 5.88 Å². The van der Waals surface area contributed by atoms with E-state index in [1.54, 1.807) is 6.08 Å². The molecule has 1 unspecified atom stereocenters. The van der Waals surface area contributed by atoms with Crippen LogP contribution in [0.3, 0.4) is 0 Å². The van der Waals surface area contributed by atoms with Gasteiger partial charge in [-0.2, -0.15) is 18.4 Å². The summed E-state index contributed by atoms with van der Waals surface area (Å²) < 4.78 is 37.2. The molecule has 6 heteroatoms. The van der Waals surface area contributed by atoms with Crippen LogP contribution in [0.15, 0.2) is 30.3 Å². The van der Waals surface area contributed by atoms with Gasteiger partial charge in [0.2, 0.25) is 0 Å². The van der Waals surface area contributed by atoms with Crippen LogP contribution < -0.4 is 0 Å². The van der Waals surface area contributed by atoms with E-state index in [0.717, 1.165) is 12.1 Å². The van der Waals surface area contributed by atoms with Crippen molar-refractivity contribution in [3.8, 4) is 6.07 Å². The van der Waals surface area contributed by atoms with Gasteiger partial charge in [0, 0.05) is 5.88 Å². The predicted molar refractivity (Wildman–Crippen MR) is 70.0 cm³/mol. The van der Waals surface area contributed by atoms with E-state index < -0.39 is 17.1 Å². The highest BCUT2D eigenvalue weighted by Crippen LogP contribution is 2.30. The average Bonchev–Trinajstić information content (AvgIpc) is 2.38. The Hall–Kier alpha value is -1.18. The van der Waals surface area contributed by atoms with Gasteiger partial charge in [-0.15, -0.1) is 23.2 Å². The fourth-order valence-corrected chi connectivity index (χ4v) is 1.77. The Kier molecular flexibility index (Phi) is 5.71. The molecule has 1 aromatic rings. The largest absolute Gasteiger partial charge is 0.416 e. The number of benzene rings is 1. The molecule has 102 valence electrons. The standard InChI is InChI=1S/C13H10Cl2F3N/c14-7-10(3-6-12(15)8-19)9-1-4-11(5-2-9)13(16,17)18/h1-5,12H,6-7H2/b10-3-. The lowest BCUT2D eigenvalue weighted by Crippen LogP contribution is -2.04. The van der Waals surface area contributed by atoms with Gasteiger partial charge < -0.3 is 0 Å². The Morgan fingerprint density at radius 1 is 1.32 bits per heavy atom. The van der Waals surface area contributed by atoms with E-state index in [-0.39, 0.29) is 5.88 Å². The zero-order valence-electron chi connectivity index (χ0n) is 9.72. The second-order valence-electron chi connectivity index (χ2n) is 3.77. The fraction of sp³-hybridized carbons (Fsp3) is 0.308. The number of nitriles is 1. The molecule has 0 N–H and O–H groups in total. The van der Waals surface area contributed by atoms with Crippen molar-refractivity contribution in [3.05, 3.63) is 41.5 Å². The summed E-state index contributed by atoms with van der Waals surface area (Å²) in [5, 5.41) is 7.87. The molecule has 1 atom stereocenters. The van der Waals surface area contributed by atoms with E-state index in [2.05, 4.69) is 0 Å². The van der Waals surface area contributed by atoms with E-state index >= 15 is 0 Å². The van der Waals surface area contributed by atoms with Gasteiger partial charge in [-0.3, -0.25) is 0 Å². The molecule has 0 amide bonds. The van der Waals surface area contributed by atoms with Crippen LogP contribution in [0.1, 0.15) is 17.5 Å². The van der Waals surface area contributed by atoms with E-state index in [1.807, 2.05) is 6.07 Å². The summed E-state index contributed by atoms with van der Waals surface area (Å²) in [6.45, 7) is 0. The zero-order chi connectivity index (χ0) is 14.5. The molecule has 0 radical (unpaired) electrons. The third kappa shape index (κ3) is 4.77. The van der Waals surface area contributed by atoms with Crippen LogP contribution in [0.5, 0.6) is 0 Å². The number of halogens is 5. The van der Waals surface area contributed by atoms with E-state index in [4.69, 9.17) is 28.5 Å². The van der Waals surface area contributed by atoms with E-state index in [9.17, 15) is 13.2 Å². The Morgan fingerprint density at radius 2 is 1.89 bits per heavy atom. The second-order valence-corrected chi connectivity index (χ2v) is 4.56. The molecule has 0 fully saturated rings. The van der Waals surface area contributed by atoms with Crippen LogP contribution in [-0.2, 0) is 6.18 Å². The van der Waals surface area contributed by atoms with Crippen molar-refractivity contribution >= 4 is 28.8 Å². The molecule has 0 heterocycles. The third-order valence-electron chi connectivity index (χ3n) is 2.44. The van der Waals surface area contributed by atoms with Crippen LogP contribution in [0.25, 0.3) is 5.57 Å². The molecule has 0 aliphatic heterocycles. The Bertz CT molecular complexity index is 486. The van der Waals surface area contributed by atoms with Crippen LogP contribution >= 0.6 is 23.2 Å². The first kappa shape index (κ1) is 15.9. The maximum absolute atomic E-state index is 12.4. The molecule has 0 aliphatic carbocycles. The smallest absolute Gasteiger partial charge is 0.197 e. The molecule has 1 aromatic carbocycles. The maximum atomic E-state index is 12.4. The molecular weight excluding hydrogens is 298 g/mol. The molecule has 1 nitrogen and oxygen atoms in total. The van der Waals surface area contributed by atoms with Crippen LogP contribution in [0.4, 0.5) is 13.2 Å². The molecule has 0 bridgehead atoms. The number of allylic oxidation sites excluding steroid dienone is 2. The monoisotopic (exact) mass is 307 g/mol. The van der Waals surface area contributed by atoms with Gasteiger partial charge in [-0.05, 0) is 29.7 Å². The van der Waals surface area contributed by atoms with Gasteiger partial charge in [0.25, 0.3) is 0 Å². The lowest BCUT2D eigenvalue weighted by Gasteiger charge is -2.09. The molecule has 0 saturated heterocycles. The minimum atomic E-state index is -4.36. The third-order valence-corrected chi connectivity index (χ3v) is 3.00. The number of alkyl halides is 5.